The number of imidazole rings is 1. The van der Waals surface area contributed by atoms with Gasteiger partial charge in [-0.1, -0.05) is 36.4 Å². The van der Waals surface area contributed by atoms with Gasteiger partial charge in [0.2, 0.25) is 5.91 Å². The Labute approximate surface area is 175 Å². The molecule has 2 aromatic heterocycles. The largest absolute Gasteiger partial charge is 0.341 e. The lowest BCUT2D eigenvalue weighted by atomic mass is 10.1. The third-order valence-electron chi connectivity index (χ3n) is 5.30. The summed E-state index contributed by atoms with van der Waals surface area (Å²) in [5, 5.41) is 0. The number of aryl methyl sites for hydroxylation is 2. The van der Waals surface area contributed by atoms with Gasteiger partial charge in [-0.2, -0.15) is 0 Å². The lowest BCUT2D eigenvalue weighted by Gasteiger charge is -2.18. The monoisotopic (exact) mass is 401 g/mol. The van der Waals surface area contributed by atoms with Crippen LogP contribution in [0.25, 0.3) is 16.9 Å². The van der Waals surface area contributed by atoms with Gasteiger partial charge in [0, 0.05) is 25.4 Å². The van der Waals surface area contributed by atoms with Crippen molar-refractivity contribution >= 4 is 11.6 Å². The molecule has 0 atom stereocenters. The Balaban J connectivity index is 1.72. The fourth-order valence-corrected chi connectivity index (χ4v) is 3.62. The molecule has 2 heterocycles. The molecule has 0 aliphatic heterocycles. The van der Waals surface area contributed by atoms with Crippen LogP contribution in [0.4, 0.5) is 4.39 Å². The van der Waals surface area contributed by atoms with Crippen molar-refractivity contribution < 1.29 is 9.18 Å². The highest BCUT2D eigenvalue weighted by Crippen LogP contribution is 2.27. The van der Waals surface area contributed by atoms with E-state index in [-0.39, 0.29) is 18.1 Å². The second kappa shape index (κ2) is 8.11. The van der Waals surface area contributed by atoms with Crippen LogP contribution in [0.2, 0.25) is 0 Å². The van der Waals surface area contributed by atoms with Crippen molar-refractivity contribution in [3.8, 4) is 11.3 Å². The van der Waals surface area contributed by atoms with Gasteiger partial charge in [0.05, 0.1) is 17.8 Å². The summed E-state index contributed by atoms with van der Waals surface area (Å²) in [4.78, 5) is 19.6. The molecule has 2 aromatic carbocycles. The number of halogens is 1. The number of pyridine rings is 1. The van der Waals surface area contributed by atoms with Crippen LogP contribution in [0, 0.1) is 19.7 Å². The molecule has 0 unspecified atom stereocenters. The fraction of sp³-hybridized carbons (Fsp3) is 0.200. The quantitative estimate of drug-likeness (QED) is 0.474. The van der Waals surface area contributed by atoms with E-state index in [1.807, 2.05) is 67.0 Å². The van der Waals surface area contributed by atoms with Gasteiger partial charge in [-0.15, -0.1) is 0 Å². The molecule has 30 heavy (non-hydrogen) atoms. The summed E-state index contributed by atoms with van der Waals surface area (Å²) in [6, 6.07) is 18.8. The molecule has 0 fully saturated rings. The highest BCUT2D eigenvalue weighted by Gasteiger charge is 2.20. The summed E-state index contributed by atoms with van der Waals surface area (Å²) in [7, 11) is 1.81. The van der Waals surface area contributed by atoms with Gasteiger partial charge in [-0.05, 0) is 54.8 Å². The summed E-state index contributed by atoms with van der Waals surface area (Å²) in [5.74, 6) is -0.249. The van der Waals surface area contributed by atoms with Gasteiger partial charge < -0.3 is 9.30 Å². The predicted molar refractivity (Wildman–Crippen MR) is 117 cm³/mol. The number of benzene rings is 2. The molecule has 0 spiro atoms. The Bertz CT molecular complexity index is 1210. The standard InChI is InChI=1S/C25H24FN3O/c1-17-9-12-23-27-25(20-10-11-21(26)18(2)13-20)22(29(23)15-17)14-24(30)28(3)16-19-7-5-4-6-8-19/h4-13,15H,14,16H2,1-3H3. The van der Waals surface area contributed by atoms with E-state index < -0.39 is 0 Å². The molecule has 152 valence electrons. The maximum atomic E-state index is 13.8. The number of fused-ring (bicyclic) bond motifs is 1. The van der Waals surface area contributed by atoms with Gasteiger partial charge in [0.25, 0.3) is 0 Å². The maximum absolute atomic E-state index is 13.8. The summed E-state index contributed by atoms with van der Waals surface area (Å²) in [5.41, 5.74) is 5.81. The van der Waals surface area contributed by atoms with Crippen molar-refractivity contribution in [2.24, 2.45) is 0 Å². The van der Waals surface area contributed by atoms with E-state index in [4.69, 9.17) is 4.98 Å². The van der Waals surface area contributed by atoms with Crippen molar-refractivity contribution in [3.63, 3.8) is 0 Å². The predicted octanol–water partition coefficient (Wildman–Crippen LogP) is 4.96. The molecular weight excluding hydrogens is 377 g/mol. The van der Waals surface area contributed by atoms with E-state index in [1.54, 1.807) is 24.0 Å². The Morgan fingerprint density at radius 1 is 1.07 bits per heavy atom. The first-order chi connectivity index (χ1) is 14.4. The Kier molecular flexibility index (Phi) is 5.36. The first kappa shape index (κ1) is 19.8. The van der Waals surface area contributed by atoms with E-state index in [9.17, 15) is 9.18 Å². The fourth-order valence-electron chi connectivity index (χ4n) is 3.62. The number of amides is 1. The highest BCUT2D eigenvalue weighted by molar-refractivity contribution is 5.81. The zero-order chi connectivity index (χ0) is 21.3. The second-order valence-corrected chi connectivity index (χ2v) is 7.72. The van der Waals surface area contributed by atoms with Crippen LogP contribution >= 0.6 is 0 Å². The first-order valence-electron chi connectivity index (χ1n) is 9.94. The number of carbonyl (C=O) groups excluding carboxylic acids is 1. The Hall–Kier alpha value is -3.47. The van der Waals surface area contributed by atoms with Crippen LogP contribution in [0.1, 0.15) is 22.4 Å². The maximum Gasteiger partial charge on any atom is 0.228 e. The molecule has 5 heteroatoms. The van der Waals surface area contributed by atoms with Gasteiger partial charge in [-0.3, -0.25) is 4.79 Å². The average molecular weight is 401 g/mol. The topological polar surface area (TPSA) is 37.6 Å². The van der Waals surface area contributed by atoms with Crippen LogP contribution in [-0.4, -0.2) is 27.2 Å². The summed E-state index contributed by atoms with van der Waals surface area (Å²) in [6.07, 6.45) is 2.20. The molecule has 0 aliphatic carbocycles. The molecule has 0 N–H and O–H groups in total. The van der Waals surface area contributed by atoms with Gasteiger partial charge in [-0.25, -0.2) is 9.37 Å². The van der Waals surface area contributed by atoms with Crippen molar-refractivity contribution in [1.29, 1.82) is 0 Å². The van der Waals surface area contributed by atoms with E-state index in [2.05, 4.69) is 0 Å². The normalized spacial score (nSPS) is 11.1. The number of aromatic nitrogens is 2. The molecule has 0 saturated heterocycles. The van der Waals surface area contributed by atoms with Gasteiger partial charge in [0.1, 0.15) is 11.5 Å². The minimum Gasteiger partial charge on any atom is -0.341 e. The van der Waals surface area contributed by atoms with Crippen molar-refractivity contribution in [2.45, 2.75) is 26.8 Å². The van der Waals surface area contributed by atoms with E-state index in [1.165, 1.54) is 6.07 Å². The second-order valence-electron chi connectivity index (χ2n) is 7.72. The average Bonchev–Trinajstić information content (AvgIpc) is 3.08. The Morgan fingerprint density at radius 2 is 1.83 bits per heavy atom. The van der Waals surface area contributed by atoms with Crippen LogP contribution in [0.15, 0.2) is 66.9 Å². The third-order valence-corrected chi connectivity index (χ3v) is 5.30. The molecule has 1 amide bonds. The number of hydrogen-bond donors (Lipinski definition) is 0. The van der Waals surface area contributed by atoms with Crippen molar-refractivity contribution in [3.05, 3.63) is 95.1 Å². The Morgan fingerprint density at radius 3 is 2.57 bits per heavy atom. The lowest BCUT2D eigenvalue weighted by Crippen LogP contribution is -2.28. The zero-order valence-corrected chi connectivity index (χ0v) is 17.4. The first-order valence-corrected chi connectivity index (χ1v) is 9.94. The molecular formula is C25H24FN3O. The zero-order valence-electron chi connectivity index (χ0n) is 17.4. The molecule has 0 radical (unpaired) electrons. The third kappa shape index (κ3) is 3.96. The minimum atomic E-state index is -0.251. The summed E-state index contributed by atoms with van der Waals surface area (Å²) in [6.45, 7) is 4.28. The number of rotatable bonds is 5. The molecule has 4 rings (SSSR count). The number of carbonyl (C=O) groups is 1. The van der Waals surface area contributed by atoms with Crippen LogP contribution < -0.4 is 0 Å². The SMILES string of the molecule is Cc1ccc2nc(-c3ccc(F)c(C)c3)c(CC(=O)N(C)Cc3ccccc3)n2c1. The molecule has 0 aliphatic rings. The van der Waals surface area contributed by atoms with Gasteiger partial charge >= 0.3 is 0 Å². The van der Waals surface area contributed by atoms with Gasteiger partial charge in [0.15, 0.2) is 0 Å². The number of nitrogens with zero attached hydrogens (tertiary/aromatic N) is 3. The molecule has 0 saturated carbocycles. The molecule has 0 bridgehead atoms. The number of hydrogen-bond acceptors (Lipinski definition) is 2. The minimum absolute atomic E-state index is 0.00208. The van der Waals surface area contributed by atoms with E-state index >= 15 is 0 Å². The number of likely N-dealkylation sites (N-methyl/N-ethyl adjacent to an activating group) is 1. The van der Waals surface area contributed by atoms with E-state index in [0.29, 0.717) is 17.8 Å². The van der Waals surface area contributed by atoms with E-state index in [0.717, 1.165) is 28.0 Å². The molecule has 4 nitrogen and oxygen atoms in total. The lowest BCUT2D eigenvalue weighted by molar-refractivity contribution is -0.129. The van der Waals surface area contributed by atoms with Crippen LogP contribution in [0.3, 0.4) is 0 Å². The van der Waals surface area contributed by atoms with Crippen molar-refractivity contribution in [2.75, 3.05) is 7.05 Å². The highest BCUT2D eigenvalue weighted by atomic mass is 19.1. The summed E-state index contributed by atoms with van der Waals surface area (Å²) < 4.78 is 15.8. The van der Waals surface area contributed by atoms with Crippen LogP contribution in [-0.2, 0) is 17.8 Å². The summed E-state index contributed by atoms with van der Waals surface area (Å²) >= 11 is 0. The van der Waals surface area contributed by atoms with Crippen molar-refractivity contribution in [1.82, 2.24) is 14.3 Å². The smallest absolute Gasteiger partial charge is 0.228 e. The van der Waals surface area contributed by atoms with Crippen LogP contribution in [0.5, 0.6) is 0 Å². The molecule has 4 aromatic rings.